The molecule has 0 bridgehead atoms. The van der Waals surface area contributed by atoms with Crippen molar-refractivity contribution in [2.75, 3.05) is 25.1 Å². The molecule has 0 saturated heterocycles. The summed E-state index contributed by atoms with van der Waals surface area (Å²) in [6.07, 6.45) is 1.59. The van der Waals surface area contributed by atoms with E-state index in [1.807, 2.05) is 6.92 Å². The lowest BCUT2D eigenvalue weighted by Crippen LogP contribution is -2.33. The molecule has 0 saturated carbocycles. The summed E-state index contributed by atoms with van der Waals surface area (Å²) >= 11 is 0. The molecular weight excluding hydrogens is 270 g/mol. The van der Waals surface area contributed by atoms with Gasteiger partial charge in [-0.3, -0.25) is 9.89 Å². The molecule has 8 nitrogen and oxygen atoms in total. The van der Waals surface area contributed by atoms with Crippen LogP contribution in [0.2, 0.25) is 0 Å². The number of amides is 1. The minimum Gasteiger partial charge on any atom is -0.395 e. The van der Waals surface area contributed by atoms with E-state index in [1.54, 1.807) is 0 Å². The second-order valence-electron chi connectivity index (χ2n) is 3.99. The number of nitrogens with two attached hydrogens (primary N) is 1. The van der Waals surface area contributed by atoms with Crippen LogP contribution in [-0.4, -0.2) is 43.9 Å². The van der Waals surface area contributed by atoms with E-state index in [1.165, 1.54) is 7.05 Å². The molecule has 108 valence electrons. The molecule has 1 aromatic rings. The standard InChI is InChI=1S/C10H19N5O3S/c1-3-4-7-8(11)9(15-14-7)10(16)13-5-6-19(17,18)12-2/h12H,3-6,11H2,1-2H3,(H,13,16)(H,14,15). The predicted molar refractivity (Wildman–Crippen MR) is 72.2 cm³/mol. The van der Waals surface area contributed by atoms with Gasteiger partial charge in [0.1, 0.15) is 0 Å². The Morgan fingerprint density at radius 1 is 1.47 bits per heavy atom. The van der Waals surface area contributed by atoms with Gasteiger partial charge in [-0.1, -0.05) is 13.3 Å². The SMILES string of the molecule is CCCc1[nH]nc(C(=O)NCCS(=O)(=O)NC)c1N. The van der Waals surface area contributed by atoms with Gasteiger partial charge in [0, 0.05) is 6.54 Å². The Morgan fingerprint density at radius 3 is 2.74 bits per heavy atom. The first-order valence-electron chi connectivity index (χ1n) is 5.93. The van der Waals surface area contributed by atoms with Crippen molar-refractivity contribution in [2.24, 2.45) is 0 Å². The lowest BCUT2D eigenvalue weighted by Gasteiger charge is -2.04. The van der Waals surface area contributed by atoms with Gasteiger partial charge in [0.2, 0.25) is 10.0 Å². The largest absolute Gasteiger partial charge is 0.395 e. The maximum Gasteiger partial charge on any atom is 0.273 e. The number of aromatic nitrogens is 2. The molecule has 9 heteroatoms. The molecule has 1 rings (SSSR count). The van der Waals surface area contributed by atoms with E-state index in [-0.39, 0.29) is 18.0 Å². The van der Waals surface area contributed by atoms with Crippen molar-refractivity contribution in [1.29, 1.82) is 0 Å². The highest BCUT2D eigenvalue weighted by molar-refractivity contribution is 7.89. The van der Waals surface area contributed by atoms with Crippen LogP contribution in [-0.2, 0) is 16.4 Å². The van der Waals surface area contributed by atoms with Crippen LogP contribution in [0, 0.1) is 0 Å². The van der Waals surface area contributed by atoms with Gasteiger partial charge in [0.05, 0.1) is 17.1 Å². The van der Waals surface area contributed by atoms with Gasteiger partial charge in [-0.05, 0) is 13.5 Å². The normalized spacial score (nSPS) is 11.5. The molecule has 0 atom stereocenters. The molecule has 0 radical (unpaired) electrons. The number of sulfonamides is 1. The number of carbonyl (C=O) groups is 1. The number of hydrogen-bond donors (Lipinski definition) is 4. The summed E-state index contributed by atoms with van der Waals surface area (Å²) in [5.74, 6) is -0.677. The second kappa shape index (κ2) is 6.53. The predicted octanol–water partition coefficient (Wildman–Crippen LogP) is -0.777. The quantitative estimate of drug-likeness (QED) is 0.523. The number of hydrogen-bond acceptors (Lipinski definition) is 5. The molecule has 19 heavy (non-hydrogen) atoms. The maximum atomic E-state index is 11.8. The fraction of sp³-hybridized carbons (Fsp3) is 0.600. The summed E-state index contributed by atoms with van der Waals surface area (Å²) in [5, 5.41) is 9.01. The minimum atomic E-state index is -3.34. The smallest absolute Gasteiger partial charge is 0.273 e. The molecule has 0 spiro atoms. The molecule has 1 heterocycles. The van der Waals surface area contributed by atoms with Crippen LogP contribution in [0.3, 0.4) is 0 Å². The van der Waals surface area contributed by atoms with Crippen molar-refractivity contribution >= 4 is 21.6 Å². The van der Waals surface area contributed by atoms with Gasteiger partial charge < -0.3 is 11.1 Å². The lowest BCUT2D eigenvalue weighted by atomic mass is 10.2. The Kier molecular flexibility index (Phi) is 5.31. The third kappa shape index (κ3) is 4.21. The van der Waals surface area contributed by atoms with Crippen molar-refractivity contribution in [3.63, 3.8) is 0 Å². The van der Waals surface area contributed by atoms with Crippen LogP contribution < -0.4 is 15.8 Å². The number of nitrogens with zero attached hydrogens (tertiary/aromatic N) is 1. The minimum absolute atomic E-state index is 0.00256. The second-order valence-corrected chi connectivity index (χ2v) is 6.04. The van der Waals surface area contributed by atoms with E-state index in [4.69, 9.17) is 5.73 Å². The first-order valence-corrected chi connectivity index (χ1v) is 7.58. The zero-order chi connectivity index (χ0) is 14.5. The molecule has 0 aromatic carbocycles. The molecular formula is C10H19N5O3S. The molecule has 5 N–H and O–H groups in total. The number of carbonyl (C=O) groups excluding carboxylic acids is 1. The molecule has 0 aliphatic heterocycles. The zero-order valence-electron chi connectivity index (χ0n) is 11.0. The average molecular weight is 289 g/mol. The van der Waals surface area contributed by atoms with Crippen molar-refractivity contribution in [1.82, 2.24) is 20.2 Å². The molecule has 0 unspecified atom stereocenters. The van der Waals surface area contributed by atoms with Crippen molar-refractivity contribution in [3.05, 3.63) is 11.4 Å². The van der Waals surface area contributed by atoms with Crippen LogP contribution >= 0.6 is 0 Å². The van der Waals surface area contributed by atoms with Gasteiger partial charge in [0.15, 0.2) is 5.69 Å². The Labute approximate surface area is 112 Å². The summed E-state index contributed by atoms with van der Waals surface area (Å²) in [6.45, 7) is 1.99. The monoisotopic (exact) mass is 289 g/mol. The zero-order valence-corrected chi connectivity index (χ0v) is 11.8. The lowest BCUT2D eigenvalue weighted by molar-refractivity contribution is 0.0952. The Balaban J connectivity index is 2.59. The van der Waals surface area contributed by atoms with Gasteiger partial charge >= 0.3 is 0 Å². The Morgan fingerprint density at radius 2 is 2.16 bits per heavy atom. The summed E-state index contributed by atoms with van der Waals surface area (Å²) in [5.41, 5.74) is 6.92. The van der Waals surface area contributed by atoms with E-state index >= 15 is 0 Å². The fourth-order valence-electron chi connectivity index (χ4n) is 1.49. The molecule has 0 aliphatic carbocycles. The average Bonchev–Trinajstić information content (AvgIpc) is 2.71. The first-order chi connectivity index (χ1) is 8.91. The summed E-state index contributed by atoms with van der Waals surface area (Å²) in [4.78, 5) is 11.8. The van der Waals surface area contributed by atoms with E-state index in [2.05, 4.69) is 20.2 Å². The molecule has 0 fully saturated rings. The van der Waals surface area contributed by atoms with Crippen LogP contribution in [0.25, 0.3) is 0 Å². The third-order valence-corrected chi connectivity index (χ3v) is 3.93. The van der Waals surface area contributed by atoms with E-state index in [0.717, 1.165) is 12.1 Å². The number of nitrogens with one attached hydrogen (secondary N) is 3. The van der Waals surface area contributed by atoms with Gasteiger partial charge in [0.25, 0.3) is 5.91 Å². The number of nitrogen functional groups attached to an aromatic ring is 1. The molecule has 1 aromatic heterocycles. The highest BCUT2D eigenvalue weighted by Gasteiger charge is 2.17. The van der Waals surface area contributed by atoms with E-state index < -0.39 is 15.9 Å². The summed E-state index contributed by atoms with van der Waals surface area (Å²) in [7, 11) is -2.02. The molecule has 1 amide bonds. The van der Waals surface area contributed by atoms with E-state index in [0.29, 0.717) is 12.1 Å². The van der Waals surface area contributed by atoms with Crippen molar-refractivity contribution < 1.29 is 13.2 Å². The Bertz CT molecular complexity index is 537. The highest BCUT2D eigenvalue weighted by atomic mass is 32.2. The summed E-state index contributed by atoms with van der Waals surface area (Å²) in [6, 6.07) is 0. The molecule has 0 aliphatic rings. The van der Waals surface area contributed by atoms with Crippen LogP contribution in [0.5, 0.6) is 0 Å². The topological polar surface area (TPSA) is 130 Å². The van der Waals surface area contributed by atoms with Crippen LogP contribution in [0.4, 0.5) is 5.69 Å². The van der Waals surface area contributed by atoms with Crippen molar-refractivity contribution in [3.8, 4) is 0 Å². The highest BCUT2D eigenvalue weighted by Crippen LogP contribution is 2.15. The maximum absolute atomic E-state index is 11.8. The fourth-order valence-corrected chi connectivity index (χ4v) is 2.06. The van der Waals surface area contributed by atoms with Crippen molar-refractivity contribution in [2.45, 2.75) is 19.8 Å². The van der Waals surface area contributed by atoms with Gasteiger partial charge in [-0.15, -0.1) is 0 Å². The number of rotatable bonds is 7. The first kappa shape index (κ1) is 15.4. The Hall–Kier alpha value is -1.61. The third-order valence-electron chi connectivity index (χ3n) is 2.57. The van der Waals surface area contributed by atoms with Gasteiger partial charge in [-0.2, -0.15) is 5.10 Å². The van der Waals surface area contributed by atoms with Crippen LogP contribution in [0.15, 0.2) is 0 Å². The number of anilines is 1. The summed E-state index contributed by atoms with van der Waals surface area (Å²) < 4.78 is 24.5. The number of aryl methyl sites for hydroxylation is 1. The van der Waals surface area contributed by atoms with E-state index in [9.17, 15) is 13.2 Å². The number of H-pyrrole nitrogens is 1. The van der Waals surface area contributed by atoms with Gasteiger partial charge in [-0.25, -0.2) is 13.1 Å². The van der Waals surface area contributed by atoms with Crippen LogP contribution in [0.1, 0.15) is 29.5 Å². The number of aromatic amines is 1.